The molecule has 1 aromatic rings. The largest absolute Gasteiger partial charge is 0.477 e. The second-order valence-corrected chi connectivity index (χ2v) is 6.48. The van der Waals surface area contributed by atoms with Gasteiger partial charge in [-0.25, -0.2) is 4.98 Å². The average Bonchev–Trinajstić information content (AvgIpc) is 3.28. The zero-order valence-corrected chi connectivity index (χ0v) is 13.7. The summed E-state index contributed by atoms with van der Waals surface area (Å²) in [6.07, 6.45) is 4.71. The lowest BCUT2D eigenvalue weighted by molar-refractivity contribution is -0.144. The predicted octanol–water partition coefficient (Wildman–Crippen LogP) is 2.69. The first-order chi connectivity index (χ1) is 10.5. The summed E-state index contributed by atoms with van der Waals surface area (Å²) in [5.74, 6) is 1.23. The number of nitrogens with zero attached hydrogens (tertiary/aromatic N) is 1. The zero-order valence-electron chi connectivity index (χ0n) is 13.7. The highest BCUT2D eigenvalue weighted by Gasteiger charge is 2.23. The van der Waals surface area contributed by atoms with Crippen molar-refractivity contribution in [2.24, 2.45) is 5.92 Å². The van der Waals surface area contributed by atoms with E-state index in [0.717, 1.165) is 18.1 Å². The average molecular weight is 306 g/mol. The Kier molecular flexibility index (Phi) is 5.77. The van der Waals surface area contributed by atoms with Gasteiger partial charge in [-0.15, -0.1) is 0 Å². The van der Waals surface area contributed by atoms with Crippen LogP contribution < -0.4 is 10.1 Å². The van der Waals surface area contributed by atoms with Crippen molar-refractivity contribution in [3.63, 3.8) is 0 Å². The Balaban J connectivity index is 1.76. The van der Waals surface area contributed by atoms with Gasteiger partial charge in [-0.05, 0) is 45.1 Å². The summed E-state index contributed by atoms with van der Waals surface area (Å²) in [4.78, 5) is 15.9. The Bertz CT molecular complexity index is 481. The van der Waals surface area contributed by atoms with Gasteiger partial charge in [0.15, 0.2) is 0 Å². The standard InChI is InChI=1S/C17H26N2O3/c1-4-21-16(20)9-17(2,3)19-11-14-7-8-15(18-10-14)22-12-13-5-6-13/h7-8,10,13,19H,4-6,9,11-12H2,1-3H3. The second kappa shape index (κ2) is 7.58. The van der Waals surface area contributed by atoms with Gasteiger partial charge in [0, 0.05) is 24.3 Å². The summed E-state index contributed by atoms with van der Waals surface area (Å²) in [7, 11) is 0. The molecule has 2 rings (SSSR count). The summed E-state index contributed by atoms with van der Waals surface area (Å²) in [6, 6.07) is 3.90. The monoisotopic (exact) mass is 306 g/mol. The molecule has 0 bridgehead atoms. The molecule has 1 aliphatic rings. The number of hydrogen-bond donors (Lipinski definition) is 1. The first kappa shape index (κ1) is 16.7. The topological polar surface area (TPSA) is 60.5 Å². The van der Waals surface area contributed by atoms with Crippen LogP contribution >= 0.6 is 0 Å². The van der Waals surface area contributed by atoms with Gasteiger partial charge in [-0.3, -0.25) is 4.79 Å². The van der Waals surface area contributed by atoms with Crippen LogP contribution in [0.1, 0.15) is 45.6 Å². The third-order valence-electron chi connectivity index (χ3n) is 3.62. The maximum Gasteiger partial charge on any atom is 0.307 e. The van der Waals surface area contributed by atoms with Crippen LogP contribution in [-0.4, -0.2) is 29.7 Å². The number of esters is 1. The van der Waals surface area contributed by atoms with Crippen LogP contribution in [0.15, 0.2) is 18.3 Å². The normalized spacial score (nSPS) is 14.7. The third kappa shape index (κ3) is 6.02. The number of pyridine rings is 1. The number of carbonyl (C=O) groups is 1. The molecule has 22 heavy (non-hydrogen) atoms. The Morgan fingerprint density at radius 3 is 2.77 bits per heavy atom. The molecular weight excluding hydrogens is 280 g/mol. The SMILES string of the molecule is CCOC(=O)CC(C)(C)NCc1ccc(OCC2CC2)nc1. The number of hydrogen-bond acceptors (Lipinski definition) is 5. The molecule has 1 heterocycles. The fourth-order valence-corrected chi connectivity index (χ4v) is 2.07. The minimum Gasteiger partial charge on any atom is -0.477 e. The molecule has 0 aromatic carbocycles. The van der Waals surface area contributed by atoms with E-state index in [2.05, 4.69) is 10.3 Å². The van der Waals surface area contributed by atoms with Gasteiger partial charge in [0.05, 0.1) is 19.6 Å². The van der Waals surface area contributed by atoms with Crippen molar-refractivity contribution in [3.8, 4) is 5.88 Å². The maximum absolute atomic E-state index is 11.6. The van der Waals surface area contributed by atoms with Crippen LogP contribution in [0.5, 0.6) is 5.88 Å². The van der Waals surface area contributed by atoms with Gasteiger partial charge in [-0.2, -0.15) is 0 Å². The predicted molar refractivity (Wildman–Crippen MR) is 84.6 cm³/mol. The molecule has 0 amide bonds. The van der Waals surface area contributed by atoms with Crippen LogP contribution in [0.25, 0.3) is 0 Å². The van der Waals surface area contributed by atoms with Crippen LogP contribution in [0, 0.1) is 5.92 Å². The quantitative estimate of drug-likeness (QED) is 0.711. The van der Waals surface area contributed by atoms with E-state index < -0.39 is 0 Å². The second-order valence-electron chi connectivity index (χ2n) is 6.48. The lowest BCUT2D eigenvalue weighted by atomic mass is 10.0. The summed E-state index contributed by atoms with van der Waals surface area (Å²) in [5.41, 5.74) is 0.753. The molecule has 1 aliphatic carbocycles. The fraction of sp³-hybridized carbons (Fsp3) is 0.647. The molecule has 1 fully saturated rings. The highest BCUT2D eigenvalue weighted by Crippen LogP contribution is 2.29. The lowest BCUT2D eigenvalue weighted by Crippen LogP contribution is -2.41. The van der Waals surface area contributed by atoms with E-state index in [1.54, 1.807) is 0 Å². The number of carbonyl (C=O) groups excluding carboxylic acids is 1. The van der Waals surface area contributed by atoms with Gasteiger partial charge in [0.1, 0.15) is 0 Å². The fourth-order valence-electron chi connectivity index (χ4n) is 2.07. The maximum atomic E-state index is 11.6. The van der Waals surface area contributed by atoms with Crippen molar-refractivity contribution in [2.75, 3.05) is 13.2 Å². The molecule has 5 heteroatoms. The minimum absolute atomic E-state index is 0.179. The van der Waals surface area contributed by atoms with Gasteiger partial charge >= 0.3 is 5.97 Å². The molecule has 1 aromatic heterocycles. The molecule has 0 saturated heterocycles. The summed E-state index contributed by atoms with van der Waals surface area (Å²) in [5, 5.41) is 3.36. The first-order valence-corrected chi connectivity index (χ1v) is 7.97. The van der Waals surface area contributed by atoms with Crippen molar-refractivity contribution in [2.45, 2.75) is 52.1 Å². The molecular formula is C17H26N2O3. The van der Waals surface area contributed by atoms with E-state index in [9.17, 15) is 4.79 Å². The van der Waals surface area contributed by atoms with E-state index in [0.29, 0.717) is 25.5 Å². The van der Waals surface area contributed by atoms with E-state index in [4.69, 9.17) is 9.47 Å². The molecule has 0 spiro atoms. The number of rotatable bonds is 9. The first-order valence-electron chi connectivity index (χ1n) is 7.97. The summed E-state index contributed by atoms with van der Waals surface area (Å²) in [6.45, 7) is 7.65. The lowest BCUT2D eigenvalue weighted by Gasteiger charge is -2.25. The molecule has 5 nitrogen and oxygen atoms in total. The number of nitrogens with one attached hydrogen (secondary N) is 1. The van der Waals surface area contributed by atoms with E-state index in [1.807, 2.05) is 39.1 Å². The van der Waals surface area contributed by atoms with Crippen LogP contribution in [0.3, 0.4) is 0 Å². The molecule has 1 saturated carbocycles. The molecule has 0 aliphatic heterocycles. The Hall–Kier alpha value is -1.62. The van der Waals surface area contributed by atoms with Crippen LogP contribution in [-0.2, 0) is 16.1 Å². The van der Waals surface area contributed by atoms with Gasteiger partial charge < -0.3 is 14.8 Å². The smallest absolute Gasteiger partial charge is 0.307 e. The minimum atomic E-state index is -0.312. The molecule has 0 unspecified atom stereocenters. The van der Waals surface area contributed by atoms with E-state index >= 15 is 0 Å². The van der Waals surface area contributed by atoms with Crippen molar-refractivity contribution in [1.29, 1.82) is 0 Å². The summed E-state index contributed by atoms with van der Waals surface area (Å²) >= 11 is 0. The van der Waals surface area contributed by atoms with E-state index in [1.165, 1.54) is 12.8 Å². The van der Waals surface area contributed by atoms with Crippen molar-refractivity contribution >= 4 is 5.97 Å². The molecule has 1 N–H and O–H groups in total. The third-order valence-corrected chi connectivity index (χ3v) is 3.62. The van der Waals surface area contributed by atoms with Crippen molar-refractivity contribution in [1.82, 2.24) is 10.3 Å². The number of ether oxygens (including phenoxy) is 2. The molecule has 0 radical (unpaired) electrons. The Labute approximate surface area is 132 Å². The van der Waals surface area contributed by atoms with Gasteiger partial charge in [0.2, 0.25) is 5.88 Å². The highest BCUT2D eigenvalue weighted by molar-refractivity contribution is 5.70. The Morgan fingerprint density at radius 2 is 2.18 bits per heavy atom. The van der Waals surface area contributed by atoms with Crippen LogP contribution in [0.2, 0.25) is 0 Å². The van der Waals surface area contributed by atoms with Crippen molar-refractivity contribution < 1.29 is 14.3 Å². The van der Waals surface area contributed by atoms with Gasteiger partial charge in [0.25, 0.3) is 0 Å². The Morgan fingerprint density at radius 1 is 1.41 bits per heavy atom. The van der Waals surface area contributed by atoms with Crippen LogP contribution in [0.4, 0.5) is 0 Å². The van der Waals surface area contributed by atoms with Crippen molar-refractivity contribution in [3.05, 3.63) is 23.9 Å². The zero-order chi connectivity index (χ0) is 16.0. The molecule has 122 valence electrons. The van der Waals surface area contributed by atoms with Gasteiger partial charge in [-0.1, -0.05) is 6.07 Å². The molecule has 0 atom stereocenters. The summed E-state index contributed by atoms with van der Waals surface area (Å²) < 4.78 is 10.6. The number of aromatic nitrogens is 1. The van der Waals surface area contributed by atoms with E-state index in [-0.39, 0.29) is 11.5 Å². The highest BCUT2D eigenvalue weighted by atomic mass is 16.5.